The maximum absolute atomic E-state index is 12.0. The van der Waals surface area contributed by atoms with Gasteiger partial charge >= 0.3 is 0 Å². The van der Waals surface area contributed by atoms with E-state index < -0.39 is 0 Å². The molecule has 0 bridgehead atoms. The van der Waals surface area contributed by atoms with Crippen molar-refractivity contribution in [1.29, 1.82) is 0 Å². The Bertz CT molecular complexity index is 999. The fraction of sp³-hybridized carbons (Fsp3) is 0.190. The van der Waals surface area contributed by atoms with E-state index in [-0.39, 0.29) is 18.3 Å². The first-order valence-electron chi connectivity index (χ1n) is 8.65. The number of nitrogens with one attached hydrogen (secondary N) is 1. The highest BCUT2D eigenvalue weighted by molar-refractivity contribution is 7.17. The van der Waals surface area contributed by atoms with Gasteiger partial charge in [0, 0.05) is 24.1 Å². The lowest BCUT2D eigenvalue weighted by molar-refractivity contribution is -0.123. The molecule has 0 saturated carbocycles. The summed E-state index contributed by atoms with van der Waals surface area (Å²) in [6, 6.07) is 14.6. The van der Waals surface area contributed by atoms with E-state index in [1.54, 1.807) is 18.2 Å². The van der Waals surface area contributed by atoms with Crippen LogP contribution in [0.4, 0.5) is 0 Å². The van der Waals surface area contributed by atoms with Gasteiger partial charge in [-0.05, 0) is 42.8 Å². The molecule has 0 fully saturated rings. The van der Waals surface area contributed by atoms with Crippen LogP contribution in [0.3, 0.4) is 0 Å². The van der Waals surface area contributed by atoms with Crippen LogP contribution in [0.15, 0.2) is 48.5 Å². The van der Waals surface area contributed by atoms with Gasteiger partial charge in [-0.15, -0.1) is 11.3 Å². The summed E-state index contributed by atoms with van der Waals surface area (Å²) in [5, 5.41) is 4.18. The van der Waals surface area contributed by atoms with Crippen molar-refractivity contribution >= 4 is 34.6 Å². The van der Waals surface area contributed by atoms with Crippen LogP contribution in [0.5, 0.6) is 5.75 Å². The van der Waals surface area contributed by atoms with Gasteiger partial charge in [-0.3, -0.25) is 9.59 Å². The third-order valence-electron chi connectivity index (χ3n) is 4.02. The second-order valence-electron chi connectivity index (χ2n) is 6.17. The largest absolute Gasteiger partial charge is 0.484 e. The number of halogens is 1. The molecule has 0 unspecified atom stereocenters. The normalized spacial score (nSPS) is 10.5. The second-order valence-corrected chi connectivity index (χ2v) is 7.58. The van der Waals surface area contributed by atoms with Crippen molar-refractivity contribution in [2.75, 3.05) is 6.61 Å². The number of Topliss-reactive ketones (excluding diaryl/α,β-unsaturated/α-hetero) is 1. The Hall–Kier alpha value is -2.70. The molecule has 0 atom stereocenters. The summed E-state index contributed by atoms with van der Waals surface area (Å²) >= 11 is 7.44. The number of carbonyl (C=O) groups is 2. The van der Waals surface area contributed by atoms with Crippen LogP contribution in [0, 0.1) is 6.92 Å². The summed E-state index contributed by atoms with van der Waals surface area (Å²) < 4.78 is 5.53. The molecule has 0 aliphatic rings. The van der Waals surface area contributed by atoms with E-state index in [0.29, 0.717) is 22.2 Å². The van der Waals surface area contributed by atoms with Gasteiger partial charge in [0.2, 0.25) is 0 Å². The summed E-state index contributed by atoms with van der Waals surface area (Å²) in [4.78, 5) is 28.7. The molecule has 3 aromatic rings. The van der Waals surface area contributed by atoms with E-state index in [0.717, 1.165) is 21.8 Å². The molecule has 144 valence electrons. The van der Waals surface area contributed by atoms with Crippen molar-refractivity contribution in [3.8, 4) is 16.3 Å². The quantitative estimate of drug-likeness (QED) is 0.570. The molecule has 0 aliphatic carbocycles. The van der Waals surface area contributed by atoms with E-state index in [2.05, 4.69) is 10.3 Å². The van der Waals surface area contributed by atoms with E-state index in [1.807, 2.05) is 37.3 Å². The van der Waals surface area contributed by atoms with Crippen molar-refractivity contribution < 1.29 is 14.3 Å². The van der Waals surface area contributed by atoms with Gasteiger partial charge in [0.25, 0.3) is 5.91 Å². The Labute approximate surface area is 172 Å². The zero-order valence-electron chi connectivity index (χ0n) is 15.5. The van der Waals surface area contributed by atoms with Crippen LogP contribution >= 0.6 is 22.9 Å². The number of nitrogens with zero attached hydrogens (tertiary/aromatic N) is 1. The number of ketones is 1. The molecule has 1 N–H and O–H groups in total. The molecule has 1 aromatic heterocycles. The molecule has 1 heterocycles. The Morgan fingerprint density at radius 1 is 1.14 bits per heavy atom. The van der Waals surface area contributed by atoms with E-state index in [9.17, 15) is 9.59 Å². The number of benzene rings is 2. The SMILES string of the molecule is CC(=O)c1sc(-c2ccc(OCC(=O)NCc3ccccc3Cl)cc2)nc1C. The third kappa shape index (κ3) is 4.97. The number of amides is 1. The van der Waals surface area contributed by atoms with Gasteiger partial charge in [-0.1, -0.05) is 29.8 Å². The first kappa shape index (κ1) is 20.0. The maximum Gasteiger partial charge on any atom is 0.258 e. The minimum Gasteiger partial charge on any atom is -0.484 e. The molecule has 28 heavy (non-hydrogen) atoms. The van der Waals surface area contributed by atoms with Crippen molar-refractivity contribution in [2.45, 2.75) is 20.4 Å². The van der Waals surface area contributed by atoms with E-state index >= 15 is 0 Å². The number of hydrogen-bond acceptors (Lipinski definition) is 5. The monoisotopic (exact) mass is 414 g/mol. The number of thiazole rings is 1. The third-order valence-corrected chi connectivity index (χ3v) is 5.70. The molecular weight excluding hydrogens is 396 g/mol. The van der Waals surface area contributed by atoms with Crippen molar-refractivity contribution in [3.63, 3.8) is 0 Å². The van der Waals surface area contributed by atoms with Gasteiger partial charge in [0.1, 0.15) is 10.8 Å². The second kappa shape index (κ2) is 8.99. The fourth-order valence-corrected chi connectivity index (χ4v) is 3.75. The molecule has 0 radical (unpaired) electrons. The van der Waals surface area contributed by atoms with Gasteiger partial charge < -0.3 is 10.1 Å². The van der Waals surface area contributed by atoms with Crippen LogP contribution in [0.1, 0.15) is 27.9 Å². The number of aryl methyl sites for hydroxylation is 1. The molecule has 0 spiro atoms. The topological polar surface area (TPSA) is 68.3 Å². The molecule has 1 amide bonds. The minimum atomic E-state index is -0.231. The zero-order valence-corrected chi connectivity index (χ0v) is 17.1. The lowest BCUT2D eigenvalue weighted by Crippen LogP contribution is -2.28. The summed E-state index contributed by atoms with van der Waals surface area (Å²) in [5.74, 6) is 0.367. The average Bonchev–Trinajstić information content (AvgIpc) is 3.08. The van der Waals surface area contributed by atoms with Gasteiger partial charge in [0.15, 0.2) is 12.4 Å². The molecule has 0 aliphatic heterocycles. The standard InChI is InChI=1S/C21H19ClN2O3S/c1-13-20(14(2)25)28-21(24-13)15-7-9-17(10-8-15)27-12-19(26)23-11-16-5-3-4-6-18(16)22/h3-10H,11-12H2,1-2H3,(H,23,26). The van der Waals surface area contributed by atoms with Crippen LogP contribution in [0.25, 0.3) is 10.6 Å². The summed E-state index contributed by atoms with van der Waals surface area (Å²) in [6.45, 7) is 3.63. The summed E-state index contributed by atoms with van der Waals surface area (Å²) in [7, 11) is 0. The van der Waals surface area contributed by atoms with Crippen molar-refractivity contribution in [2.24, 2.45) is 0 Å². The predicted molar refractivity (Wildman–Crippen MR) is 111 cm³/mol. The number of hydrogen-bond donors (Lipinski definition) is 1. The fourth-order valence-electron chi connectivity index (χ4n) is 2.58. The number of aromatic nitrogens is 1. The first-order chi connectivity index (χ1) is 13.4. The Balaban J connectivity index is 1.54. The van der Waals surface area contributed by atoms with Gasteiger partial charge in [-0.2, -0.15) is 0 Å². The van der Waals surface area contributed by atoms with E-state index in [4.69, 9.17) is 16.3 Å². The molecule has 0 saturated heterocycles. The summed E-state index contributed by atoms with van der Waals surface area (Å²) in [6.07, 6.45) is 0. The highest BCUT2D eigenvalue weighted by Crippen LogP contribution is 2.29. The Kier molecular flexibility index (Phi) is 6.44. The predicted octanol–water partition coefficient (Wildman–Crippen LogP) is 4.67. The number of ether oxygens (including phenoxy) is 1. The molecular formula is C21H19ClN2O3S. The van der Waals surface area contributed by atoms with Gasteiger partial charge in [0.05, 0.1) is 10.6 Å². The van der Waals surface area contributed by atoms with Crippen LogP contribution in [-0.2, 0) is 11.3 Å². The highest BCUT2D eigenvalue weighted by Gasteiger charge is 2.13. The first-order valence-corrected chi connectivity index (χ1v) is 9.85. The Morgan fingerprint density at radius 3 is 2.50 bits per heavy atom. The number of carbonyl (C=O) groups excluding carboxylic acids is 2. The lowest BCUT2D eigenvalue weighted by Gasteiger charge is -2.09. The van der Waals surface area contributed by atoms with Crippen molar-refractivity contribution in [3.05, 3.63) is 69.7 Å². The smallest absolute Gasteiger partial charge is 0.258 e. The van der Waals surface area contributed by atoms with Crippen LogP contribution in [-0.4, -0.2) is 23.3 Å². The molecule has 7 heteroatoms. The molecule has 5 nitrogen and oxygen atoms in total. The Morgan fingerprint density at radius 2 is 1.86 bits per heavy atom. The van der Waals surface area contributed by atoms with Crippen LogP contribution in [0.2, 0.25) is 5.02 Å². The highest BCUT2D eigenvalue weighted by atomic mass is 35.5. The lowest BCUT2D eigenvalue weighted by atomic mass is 10.2. The van der Waals surface area contributed by atoms with Crippen LogP contribution < -0.4 is 10.1 Å². The number of rotatable bonds is 7. The summed E-state index contributed by atoms with van der Waals surface area (Å²) in [5.41, 5.74) is 2.49. The molecule has 2 aromatic carbocycles. The zero-order chi connectivity index (χ0) is 20.1. The maximum atomic E-state index is 12.0. The van der Waals surface area contributed by atoms with Crippen molar-refractivity contribution in [1.82, 2.24) is 10.3 Å². The minimum absolute atomic E-state index is 0.0176. The van der Waals surface area contributed by atoms with Gasteiger partial charge in [-0.25, -0.2) is 4.98 Å². The average molecular weight is 415 g/mol. The molecule has 3 rings (SSSR count). The van der Waals surface area contributed by atoms with E-state index in [1.165, 1.54) is 18.3 Å².